The van der Waals surface area contributed by atoms with Gasteiger partial charge < -0.3 is 9.64 Å². The molecule has 1 aliphatic rings. The Hall–Kier alpha value is -1.71. The third-order valence-electron chi connectivity index (χ3n) is 2.10. The Balaban J connectivity index is 2.35. The lowest BCUT2D eigenvalue weighted by atomic mass is 10.2. The fourth-order valence-electron chi connectivity index (χ4n) is 1.42. The molecule has 0 saturated heterocycles. The maximum absolute atomic E-state index is 5.06. The van der Waals surface area contributed by atoms with Crippen LogP contribution in [0.15, 0.2) is 29.4 Å². The van der Waals surface area contributed by atoms with Crippen molar-refractivity contribution in [1.82, 2.24) is 0 Å². The van der Waals surface area contributed by atoms with Crippen LogP contribution in [-0.4, -0.2) is 27.2 Å². The zero-order valence-corrected chi connectivity index (χ0v) is 8.34. The number of nitrogens with zero attached hydrogens (tertiary/aromatic N) is 3. The molecule has 0 N–H and O–H groups in total. The molecule has 4 nitrogen and oxygen atoms in total. The Morgan fingerprint density at radius 1 is 1.36 bits per heavy atom. The van der Waals surface area contributed by atoms with E-state index < -0.39 is 0 Å². The zero-order valence-electron chi connectivity index (χ0n) is 8.34. The fraction of sp³-hybridized carbons (Fsp3) is 0.300. The van der Waals surface area contributed by atoms with Gasteiger partial charge in [-0.25, -0.2) is 5.01 Å². The highest BCUT2D eigenvalue weighted by atomic mass is 16.5. The van der Waals surface area contributed by atoms with Gasteiger partial charge in [0.05, 0.1) is 11.4 Å². The van der Waals surface area contributed by atoms with Crippen LogP contribution in [0.2, 0.25) is 0 Å². The van der Waals surface area contributed by atoms with Gasteiger partial charge in [-0.2, -0.15) is 0 Å². The highest BCUT2D eigenvalue weighted by Gasteiger charge is 2.13. The van der Waals surface area contributed by atoms with E-state index in [-0.39, 0.29) is 0 Å². The van der Waals surface area contributed by atoms with Crippen molar-refractivity contribution in [3.8, 4) is 0 Å². The molecule has 1 aromatic carbocycles. The summed E-state index contributed by atoms with van der Waals surface area (Å²) in [4.78, 5) is 2.06. The van der Waals surface area contributed by atoms with Crippen LogP contribution in [-0.2, 0) is 4.74 Å². The summed E-state index contributed by atoms with van der Waals surface area (Å²) < 4.78 is 5.06. The number of hydrazone groups is 1. The average Bonchev–Trinajstić information content (AvgIpc) is 2.70. The lowest BCUT2D eigenvalue weighted by Crippen LogP contribution is -2.18. The molecule has 2 rings (SSSR count). The first kappa shape index (κ1) is 8.87. The van der Waals surface area contributed by atoms with Gasteiger partial charge in [0.25, 0.3) is 0 Å². The lowest BCUT2D eigenvalue weighted by molar-refractivity contribution is 0.350. The molecule has 0 fully saturated rings. The van der Waals surface area contributed by atoms with Crippen molar-refractivity contribution in [1.29, 1.82) is 0 Å². The maximum Gasteiger partial charge on any atom is 0.195 e. The number of rotatable bonds is 2. The van der Waals surface area contributed by atoms with E-state index >= 15 is 0 Å². The molecule has 0 unspecified atom stereocenters. The molecule has 0 spiro atoms. The molecule has 0 amide bonds. The standard InChI is InChI=1S/C10H13N3O/c1-12(2)9-5-3-4-6-10(9)13-8-14-7-11-13/h3-7H,8H2,1-2H3. The smallest absolute Gasteiger partial charge is 0.195 e. The Morgan fingerprint density at radius 3 is 2.79 bits per heavy atom. The monoisotopic (exact) mass is 191 g/mol. The maximum atomic E-state index is 5.06. The van der Waals surface area contributed by atoms with Crippen LogP contribution in [0.5, 0.6) is 0 Å². The van der Waals surface area contributed by atoms with Gasteiger partial charge in [-0.1, -0.05) is 12.1 Å². The summed E-state index contributed by atoms with van der Waals surface area (Å²) in [6.45, 7) is 0.491. The van der Waals surface area contributed by atoms with Crippen molar-refractivity contribution in [2.24, 2.45) is 5.10 Å². The summed E-state index contributed by atoms with van der Waals surface area (Å²) in [6, 6.07) is 8.10. The van der Waals surface area contributed by atoms with E-state index in [0.717, 1.165) is 11.4 Å². The van der Waals surface area contributed by atoms with Gasteiger partial charge in [0.15, 0.2) is 13.1 Å². The van der Waals surface area contributed by atoms with Crippen molar-refractivity contribution >= 4 is 17.8 Å². The average molecular weight is 191 g/mol. The minimum Gasteiger partial charge on any atom is -0.459 e. The zero-order chi connectivity index (χ0) is 9.97. The first-order chi connectivity index (χ1) is 6.79. The quantitative estimate of drug-likeness (QED) is 0.709. The molecule has 0 atom stereocenters. The van der Waals surface area contributed by atoms with Gasteiger partial charge in [0, 0.05) is 14.1 Å². The third kappa shape index (κ3) is 1.51. The minimum atomic E-state index is 0.491. The van der Waals surface area contributed by atoms with E-state index in [4.69, 9.17) is 4.74 Å². The summed E-state index contributed by atoms with van der Waals surface area (Å²) in [5.41, 5.74) is 2.20. The van der Waals surface area contributed by atoms with E-state index in [1.807, 2.05) is 37.3 Å². The van der Waals surface area contributed by atoms with Gasteiger partial charge in [-0.15, -0.1) is 5.10 Å². The topological polar surface area (TPSA) is 28.1 Å². The molecule has 1 aliphatic heterocycles. The molecule has 0 aromatic heterocycles. The summed E-state index contributed by atoms with van der Waals surface area (Å²) in [6.07, 6.45) is 1.46. The number of anilines is 2. The molecular formula is C10H13N3O. The normalized spacial score (nSPS) is 14.3. The Kier molecular flexibility index (Phi) is 2.26. The molecule has 74 valence electrons. The minimum absolute atomic E-state index is 0.491. The second-order valence-electron chi connectivity index (χ2n) is 3.30. The van der Waals surface area contributed by atoms with Gasteiger partial charge >= 0.3 is 0 Å². The number of para-hydroxylation sites is 2. The largest absolute Gasteiger partial charge is 0.459 e. The van der Waals surface area contributed by atoms with Crippen molar-refractivity contribution in [2.75, 3.05) is 30.7 Å². The van der Waals surface area contributed by atoms with Gasteiger partial charge in [0.2, 0.25) is 0 Å². The Labute approximate surface area is 83.4 Å². The number of hydrogen-bond acceptors (Lipinski definition) is 4. The van der Waals surface area contributed by atoms with Gasteiger partial charge in [0.1, 0.15) is 0 Å². The van der Waals surface area contributed by atoms with E-state index in [0.29, 0.717) is 6.73 Å². The first-order valence-corrected chi connectivity index (χ1v) is 4.47. The van der Waals surface area contributed by atoms with Crippen molar-refractivity contribution in [2.45, 2.75) is 0 Å². The lowest BCUT2D eigenvalue weighted by Gasteiger charge is -2.21. The molecule has 1 heterocycles. The third-order valence-corrected chi connectivity index (χ3v) is 2.10. The van der Waals surface area contributed by atoms with Crippen LogP contribution in [0.3, 0.4) is 0 Å². The molecule has 0 aliphatic carbocycles. The highest BCUT2D eigenvalue weighted by Crippen LogP contribution is 2.28. The fourth-order valence-corrected chi connectivity index (χ4v) is 1.42. The number of hydrogen-bond donors (Lipinski definition) is 0. The van der Waals surface area contributed by atoms with Crippen LogP contribution >= 0.6 is 0 Å². The van der Waals surface area contributed by atoms with Crippen LogP contribution in [0.25, 0.3) is 0 Å². The Bertz CT molecular complexity index is 349. The van der Waals surface area contributed by atoms with Gasteiger partial charge in [-0.05, 0) is 12.1 Å². The van der Waals surface area contributed by atoms with Crippen molar-refractivity contribution < 1.29 is 4.74 Å². The number of ether oxygens (including phenoxy) is 1. The van der Waals surface area contributed by atoms with E-state index in [1.54, 1.807) is 0 Å². The SMILES string of the molecule is CN(C)c1ccccc1N1COC=N1. The van der Waals surface area contributed by atoms with Crippen LogP contribution in [0, 0.1) is 0 Å². The Morgan fingerprint density at radius 2 is 2.14 bits per heavy atom. The summed E-state index contributed by atoms with van der Waals surface area (Å²) in [7, 11) is 4.03. The highest BCUT2D eigenvalue weighted by molar-refractivity contribution is 5.72. The molecular weight excluding hydrogens is 178 g/mol. The van der Waals surface area contributed by atoms with Crippen LogP contribution in [0.1, 0.15) is 0 Å². The molecule has 0 bridgehead atoms. The predicted molar refractivity (Wildman–Crippen MR) is 57.7 cm³/mol. The summed E-state index contributed by atoms with van der Waals surface area (Å²) in [5.74, 6) is 0. The molecule has 0 saturated carbocycles. The summed E-state index contributed by atoms with van der Waals surface area (Å²) >= 11 is 0. The van der Waals surface area contributed by atoms with E-state index in [9.17, 15) is 0 Å². The van der Waals surface area contributed by atoms with Gasteiger partial charge in [-0.3, -0.25) is 0 Å². The molecule has 0 radical (unpaired) electrons. The van der Waals surface area contributed by atoms with Crippen LogP contribution in [0.4, 0.5) is 11.4 Å². The summed E-state index contributed by atoms with van der Waals surface area (Å²) in [5, 5.41) is 5.94. The molecule has 4 heteroatoms. The van der Waals surface area contributed by atoms with Crippen molar-refractivity contribution in [3.05, 3.63) is 24.3 Å². The predicted octanol–water partition coefficient (Wildman–Crippen LogP) is 1.49. The van der Waals surface area contributed by atoms with E-state index in [2.05, 4.69) is 16.1 Å². The second kappa shape index (κ2) is 3.57. The first-order valence-electron chi connectivity index (χ1n) is 4.47. The van der Waals surface area contributed by atoms with Crippen molar-refractivity contribution in [3.63, 3.8) is 0 Å². The van der Waals surface area contributed by atoms with Crippen LogP contribution < -0.4 is 9.91 Å². The molecule has 14 heavy (non-hydrogen) atoms. The van der Waals surface area contributed by atoms with E-state index in [1.165, 1.54) is 6.40 Å². The number of benzene rings is 1. The second-order valence-corrected chi connectivity index (χ2v) is 3.30. The molecule has 1 aromatic rings.